The summed E-state index contributed by atoms with van der Waals surface area (Å²) < 4.78 is 24.6. The molecule has 0 spiro atoms. The van der Waals surface area contributed by atoms with E-state index >= 15 is 0 Å². The molecular formula is C21H26N4O4S. The molecule has 0 fully saturated rings. The molecule has 2 aromatic carbocycles. The summed E-state index contributed by atoms with van der Waals surface area (Å²) in [5.74, 6) is -1.17. The van der Waals surface area contributed by atoms with Crippen molar-refractivity contribution in [3.05, 3.63) is 52.6 Å². The first kappa shape index (κ1) is 23.2. The summed E-state index contributed by atoms with van der Waals surface area (Å²) >= 11 is 0. The van der Waals surface area contributed by atoms with E-state index in [9.17, 15) is 18.3 Å². The molecule has 2 aromatic rings. The summed E-state index contributed by atoms with van der Waals surface area (Å²) in [6, 6.07) is 8.63. The Kier molecular flexibility index (Phi) is 7.43. The first-order chi connectivity index (χ1) is 14.1. The molecule has 8 nitrogen and oxygen atoms in total. The van der Waals surface area contributed by atoms with E-state index in [0.717, 1.165) is 6.42 Å². The minimum atomic E-state index is -4.04. The number of unbranched alkanes of at least 4 members (excludes halogenated alkanes) is 1. The second-order valence-corrected chi connectivity index (χ2v) is 8.45. The van der Waals surface area contributed by atoms with Gasteiger partial charge in [0.05, 0.1) is 16.5 Å². The summed E-state index contributed by atoms with van der Waals surface area (Å²) in [4.78, 5) is 12.1. The normalized spacial score (nSPS) is 12.2. The standard InChI is InChI=1S/C21H26N4O4S/c1-3-5-6-16-18(23)17(11-14(4-2)20(16)30(24,28)29)19(21(26)27)25-15-9-7-13(12-22)8-10-15/h7-11,19,25H,3-6,23H2,1-2H3,(H,26,27)(H2,24,28,29). The number of carbonyl (C=O) groups is 1. The van der Waals surface area contributed by atoms with Crippen molar-refractivity contribution >= 4 is 27.4 Å². The Morgan fingerprint density at radius 3 is 2.37 bits per heavy atom. The summed E-state index contributed by atoms with van der Waals surface area (Å²) in [6.45, 7) is 3.74. The molecule has 0 saturated carbocycles. The summed E-state index contributed by atoms with van der Waals surface area (Å²) in [5, 5.41) is 27.2. The molecule has 30 heavy (non-hydrogen) atoms. The summed E-state index contributed by atoms with van der Waals surface area (Å²) in [5.41, 5.74) is 8.43. The van der Waals surface area contributed by atoms with E-state index in [1.165, 1.54) is 6.07 Å². The number of carboxylic acid groups (broad SMARTS) is 1. The van der Waals surface area contributed by atoms with Crippen LogP contribution in [0.2, 0.25) is 0 Å². The maximum atomic E-state index is 12.3. The highest BCUT2D eigenvalue weighted by Crippen LogP contribution is 2.35. The van der Waals surface area contributed by atoms with Crippen LogP contribution in [-0.4, -0.2) is 19.5 Å². The molecule has 9 heteroatoms. The molecule has 0 aromatic heterocycles. The van der Waals surface area contributed by atoms with Gasteiger partial charge in [-0.3, -0.25) is 0 Å². The number of aryl methyl sites for hydroxylation is 1. The van der Waals surface area contributed by atoms with Gasteiger partial charge in [0.1, 0.15) is 0 Å². The first-order valence-electron chi connectivity index (χ1n) is 9.60. The maximum Gasteiger partial charge on any atom is 0.330 e. The third kappa shape index (κ3) is 5.09. The predicted molar refractivity (Wildman–Crippen MR) is 115 cm³/mol. The van der Waals surface area contributed by atoms with Crippen molar-refractivity contribution in [3.63, 3.8) is 0 Å². The van der Waals surface area contributed by atoms with Crippen LogP contribution >= 0.6 is 0 Å². The summed E-state index contributed by atoms with van der Waals surface area (Å²) in [6.07, 6.45) is 2.21. The molecule has 0 amide bonds. The van der Waals surface area contributed by atoms with Gasteiger partial charge in [-0.1, -0.05) is 20.3 Å². The fourth-order valence-corrected chi connectivity index (χ4v) is 4.48. The monoisotopic (exact) mass is 430 g/mol. The molecule has 1 atom stereocenters. The zero-order valence-electron chi connectivity index (χ0n) is 17.0. The second-order valence-electron chi connectivity index (χ2n) is 6.95. The highest BCUT2D eigenvalue weighted by molar-refractivity contribution is 7.89. The number of benzene rings is 2. The molecule has 0 saturated heterocycles. The Morgan fingerprint density at radius 2 is 1.90 bits per heavy atom. The van der Waals surface area contributed by atoms with Crippen LogP contribution in [0, 0.1) is 11.3 Å². The zero-order valence-corrected chi connectivity index (χ0v) is 17.8. The van der Waals surface area contributed by atoms with E-state index < -0.39 is 22.0 Å². The highest BCUT2D eigenvalue weighted by atomic mass is 32.2. The first-order valence-corrected chi connectivity index (χ1v) is 11.1. The van der Waals surface area contributed by atoms with Gasteiger partial charge in [-0.25, -0.2) is 18.4 Å². The third-order valence-electron chi connectivity index (χ3n) is 4.86. The van der Waals surface area contributed by atoms with E-state index in [-0.39, 0.29) is 16.1 Å². The molecule has 1 unspecified atom stereocenters. The van der Waals surface area contributed by atoms with Gasteiger partial charge in [-0.2, -0.15) is 5.26 Å². The van der Waals surface area contributed by atoms with Crippen molar-refractivity contribution in [3.8, 4) is 6.07 Å². The number of nitriles is 1. The summed E-state index contributed by atoms with van der Waals surface area (Å²) in [7, 11) is -4.04. The Bertz CT molecular complexity index is 1070. The van der Waals surface area contributed by atoms with Gasteiger partial charge in [0.2, 0.25) is 10.0 Å². The van der Waals surface area contributed by atoms with Gasteiger partial charge in [0, 0.05) is 16.9 Å². The number of aliphatic carboxylic acids is 1. The largest absolute Gasteiger partial charge is 0.479 e. The van der Waals surface area contributed by atoms with E-state index in [1.807, 2.05) is 13.0 Å². The van der Waals surface area contributed by atoms with E-state index in [4.69, 9.17) is 16.1 Å². The predicted octanol–water partition coefficient (Wildman–Crippen LogP) is 2.93. The van der Waals surface area contributed by atoms with Gasteiger partial charge in [-0.05, 0) is 60.7 Å². The molecule has 0 aliphatic rings. The van der Waals surface area contributed by atoms with Crippen LogP contribution in [0.15, 0.2) is 35.2 Å². The quantitative estimate of drug-likeness (QED) is 0.445. The zero-order chi connectivity index (χ0) is 22.5. The molecule has 6 N–H and O–H groups in total. The van der Waals surface area contributed by atoms with Crippen molar-refractivity contribution in [2.24, 2.45) is 5.14 Å². The Hall–Kier alpha value is -3.09. The average Bonchev–Trinajstić information content (AvgIpc) is 2.70. The molecule has 0 bridgehead atoms. The van der Waals surface area contributed by atoms with Crippen LogP contribution < -0.4 is 16.2 Å². The lowest BCUT2D eigenvalue weighted by Gasteiger charge is -2.23. The van der Waals surface area contributed by atoms with Crippen LogP contribution in [0.3, 0.4) is 0 Å². The third-order valence-corrected chi connectivity index (χ3v) is 5.94. The van der Waals surface area contributed by atoms with Crippen molar-refractivity contribution < 1.29 is 18.3 Å². The lowest BCUT2D eigenvalue weighted by atomic mass is 9.93. The molecule has 0 aliphatic heterocycles. The molecule has 0 heterocycles. The van der Waals surface area contributed by atoms with Crippen LogP contribution in [0.5, 0.6) is 0 Å². The van der Waals surface area contributed by atoms with Gasteiger partial charge in [0.15, 0.2) is 6.04 Å². The fourth-order valence-electron chi connectivity index (χ4n) is 3.36. The van der Waals surface area contributed by atoms with Crippen LogP contribution in [0.25, 0.3) is 0 Å². The van der Waals surface area contributed by atoms with E-state index in [0.29, 0.717) is 41.6 Å². The minimum Gasteiger partial charge on any atom is -0.479 e. The number of primary sulfonamides is 1. The Balaban J connectivity index is 2.66. The SMILES string of the molecule is CCCCc1c(N)c(C(Nc2ccc(C#N)cc2)C(=O)O)cc(CC)c1S(N)(=O)=O. The number of hydrogen-bond acceptors (Lipinski definition) is 6. The number of nitrogens with zero attached hydrogens (tertiary/aromatic N) is 1. The number of hydrogen-bond donors (Lipinski definition) is 4. The maximum absolute atomic E-state index is 12.3. The van der Waals surface area contributed by atoms with Crippen molar-refractivity contribution in [2.75, 3.05) is 11.1 Å². The number of sulfonamides is 1. The molecule has 160 valence electrons. The van der Waals surface area contributed by atoms with Crippen molar-refractivity contribution in [1.29, 1.82) is 5.26 Å². The van der Waals surface area contributed by atoms with Gasteiger partial charge >= 0.3 is 5.97 Å². The number of nitrogens with one attached hydrogen (secondary N) is 1. The van der Waals surface area contributed by atoms with Crippen LogP contribution in [0.1, 0.15) is 55.0 Å². The molecule has 0 aliphatic carbocycles. The van der Waals surface area contributed by atoms with Gasteiger partial charge in [-0.15, -0.1) is 0 Å². The van der Waals surface area contributed by atoms with Gasteiger partial charge in [0.25, 0.3) is 0 Å². The Morgan fingerprint density at radius 1 is 1.27 bits per heavy atom. The number of anilines is 2. The van der Waals surface area contributed by atoms with Crippen molar-refractivity contribution in [2.45, 2.75) is 50.5 Å². The minimum absolute atomic E-state index is 0.0118. The lowest BCUT2D eigenvalue weighted by Crippen LogP contribution is -2.25. The molecule has 2 rings (SSSR count). The Labute approximate surface area is 176 Å². The fraction of sp³-hybridized carbons (Fsp3) is 0.333. The highest BCUT2D eigenvalue weighted by Gasteiger charge is 2.29. The number of rotatable bonds is 9. The van der Waals surface area contributed by atoms with E-state index in [1.54, 1.807) is 31.2 Å². The topological polar surface area (TPSA) is 159 Å². The number of carboxylic acids is 1. The molecule has 0 radical (unpaired) electrons. The van der Waals surface area contributed by atoms with Gasteiger partial charge < -0.3 is 16.2 Å². The van der Waals surface area contributed by atoms with Crippen LogP contribution in [0.4, 0.5) is 11.4 Å². The number of nitrogen functional groups attached to an aromatic ring is 1. The lowest BCUT2D eigenvalue weighted by molar-refractivity contribution is -0.138. The smallest absolute Gasteiger partial charge is 0.330 e. The average molecular weight is 431 g/mol. The van der Waals surface area contributed by atoms with Crippen LogP contribution in [-0.2, 0) is 27.7 Å². The second kappa shape index (κ2) is 9.61. The molecular weight excluding hydrogens is 404 g/mol. The number of nitrogens with two attached hydrogens (primary N) is 2. The van der Waals surface area contributed by atoms with E-state index in [2.05, 4.69) is 5.32 Å². The van der Waals surface area contributed by atoms with Crippen molar-refractivity contribution in [1.82, 2.24) is 0 Å².